The minimum atomic E-state index is -0.0744. The molecule has 2 heterocycles. The summed E-state index contributed by atoms with van der Waals surface area (Å²) < 4.78 is 5.19. The number of aryl methyl sites for hydroxylation is 1. The van der Waals surface area contributed by atoms with Gasteiger partial charge < -0.3 is 9.72 Å². The van der Waals surface area contributed by atoms with E-state index < -0.39 is 0 Å². The van der Waals surface area contributed by atoms with E-state index >= 15 is 0 Å². The van der Waals surface area contributed by atoms with Crippen LogP contribution >= 0.6 is 0 Å². The van der Waals surface area contributed by atoms with Crippen LogP contribution in [0.1, 0.15) is 30.8 Å². The van der Waals surface area contributed by atoms with Crippen molar-refractivity contribution < 1.29 is 4.74 Å². The van der Waals surface area contributed by atoms with Gasteiger partial charge in [0.2, 0.25) is 0 Å². The Morgan fingerprint density at radius 2 is 1.88 bits per heavy atom. The van der Waals surface area contributed by atoms with E-state index in [-0.39, 0.29) is 5.41 Å². The largest absolute Gasteiger partial charge is 0.497 e. The highest BCUT2D eigenvalue weighted by Crippen LogP contribution is 2.29. The maximum atomic E-state index is 5.19. The van der Waals surface area contributed by atoms with Gasteiger partial charge in [0.05, 0.1) is 13.4 Å². The van der Waals surface area contributed by atoms with Gasteiger partial charge in [-0.2, -0.15) is 0 Å². The number of benzene rings is 1. The van der Waals surface area contributed by atoms with E-state index in [1.54, 1.807) is 13.4 Å². The van der Waals surface area contributed by atoms with Crippen molar-refractivity contribution in [2.24, 2.45) is 0 Å². The van der Waals surface area contributed by atoms with E-state index in [1.807, 2.05) is 43.6 Å². The maximum Gasteiger partial charge on any atom is 0.159 e. The minimum Gasteiger partial charge on any atom is -0.497 e. The molecule has 0 saturated carbocycles. The number of hydrogen-bond donors (Lipinski definition) is 1. The van der Waals surface area contributed by atoms with E-state index in [4.69, 9.17) is 9.72 Å². The summed E-state index contributed by atoms with van der Waals surface area (Å²) in [5.41, 5.74) is 4.17. The van der Waals surface area contributed by atoms with Crippen molar-refractivity contribution >= 4 is 0 Å². The van der Waals surface area contributed by atoms with Gasteiger partial charge in [0, 0.05) is 29.3 Å². The van der Waals surface area contributed by atoms with Gasteiger partial charge in [-0.25, -0.2) is 15.0 Å². The molecule has 2 aromatic heterocycles. The number of rotatable bonds is 5. The fraction of sp³-hybridized carbons (Fsp3) is 0.316. The third-order valence-corrected chi connectivity index (χ3v) is 4.24. The normalized spacial score (nSPS) is 11.5. The number of imidazole rings is 1. The Balaban J connectivity index is 1.88. The highest BCUT2D eigenvalue weighted by Gasteiger charge is 2.25. The summed E-state index contributed by atoms with van der Waals surface area (Å²) in [5, 5.41) is 0. The van der Waals surface area contributed by atoms with Crippen LogP contribution in [-0.2, 0) is 11.8 Å². The van der Waals surface area contributed by atoms with Gasteiger partial charge >= 0.3 is 0 Å². The molecule has 5 heteroatoms. The average Bonchev–Trinajstić information content (AvgIpc) is 3.06. The molecule has 0 aliphatic rings. The smallest absolute Gasteiger partial charge is 0.159 e. The molecule has 3 aromatic rings. The molecule has 0 unspecified atom stereocenters. The molecular weight excluding hydrogens is 300 g/mol. The van der Waals surface area contributed by atoms with Crippen molar-refractivity contribution in [3.8, 4) is 17.1 Å². The Kier molecular flexibility index (Phi) is 4.34. The van der Waals surface area contributed by atoms with Gasteiger partial charge in [0.15, 0.2) is 5.82 Å². The van der Waals surface area contributed by atoms with Gasteiger partial charge in [-0.15, -0.1) is 0 Å². The SMILES string of the molecule is COc1ccc(-c2ncc(C(C)(C)Cc3cnc[nH]3)c(C)n2)cc1. The lowest BCUT2D eigenvalue weighted by Crippen LogP contribution is -2.23. The Hall–Kier alpha value is -2.69. The van der Waals surface area contributed by atoms with E-state index in [1.165, 1.54) is 0 Å². The summed E-state index contributed by atoms with van der Waals surface area (Å²) in [6, 6.07) is 7.79. The highest BCUT2D eigenvalue weighted by molar-refractivity contribution is 5.56. The van der Waals surface area contributed by atoms with Crippen LogP contribution in [0.4, 0.5) is 0 Å². The van der Waals surface area contributed by atoms with Crippen LogP contribution in [-0.4, -0.2) is 27.0 Å². The van der Waals surface area contributed by atoms with Crippen LogP contribution in [0.3, 0.4) is 0 Å². The molecule has 3 rings (SSSR count). The minimum absolute atomic E-state index is 0.0744. The standard InChI is InChI=1S/C19H22N4O/c1-13-17(19(2,3)9-15-10-20-12-22-15)11-21-18(23-13)14-5-7-16(24-4)8-6-14/h5-8,10-12H,9H2,1-4H3,(H,20,22). The number of ether oxygens (including phenoxy) is 1. The molecule has 0 saturated heterocycles. The lowest BCUT2D eigenvalue weighted by molar-refractivity contribution is 0.415. The zero-order chi connectivity index (χ0) is 17.2. The van der Waals surface area contributed by atoms with Crippen LogP contribution in [0.25, 0.3) is 11.4 Å². The second-order valence-electron chi connectivity index (χ2n) is 6.56. The Morgan fingerprint density at radius 3 is 2.46 bits per heavy atom. The van der Waals surface area contributed by atoms with E-state index in [9.17, 15) is 0 Å². The monoisotopic (exact) mass is 322 g/mol. The van der Waals surface area contributed by atoms with Gasteiger partial charge in [-0.05, 0) is 48.6 Å². The lowest BCUT2D eigenvalue weighted by Gasteiger charge is -2.25. The Morgan fingerprint density at radius 1 is 1.12 bits per heavy atom. The molecular formula is C19H22N4O. The number of aromatic nitrogens is 4. The zero-order valence-corrected chi connectivity index (χ0v) is 14.5. The molecule has 1 N–H and O–H groups in total. The van der Waals surface area contributed by atoms with Crippen molar-refractivity contribution in [1.82, 2.24) is 19.9 Å². The first-order valence-electron chi connectivity index (χ1n) is 7.95. The van der Waals surface area contributed by atoms with Gasteiger partial charge in [-0.1, -0.05) is 13.8 Å². The van der Waals surface area contributed by atoms with Crippen molar-refractivity contribution in [2.45, 2.75) is 32.6 Å². The van der Waals surface area contributed by atoms with Gasteiger partial charge in [0.1, 0.15) is 5.75 Å². The molecule has 24 heavy (non-hydrogen) atoms. The number of methoxy groups -OCH3 is 1. The second-order valence-corrected chi connectivity index (χ2v) is 6.56. The van der Waals surface area contributed by atoms with Crippen molar-refractivity contribution in [3.05, 3.63) is 59.9 Å². The molecule has 5 nitrogen and oxygen atoms in total. The third kappa shape index (κ3) is 3.30. The number of aromatic amines is 1. The van der Waals surface area contributed by atoms with E-state index in [2.05, 4.69) is 28.8 Å². The van der Waals surface area contributed by atoms with Crippen LogP contribution in [0.5, 0.6) is 5.75 Å². The van der Waals surface area contributed by atoms with Crippen molar-refractivity contribution in [2.75, 3.05) is 7.11 Å². The van der Waals surface area contributed by atoms with Crippen LogP contribution in [0, 0.1) is 6.92 Å². The molecule has 0 aliphatic heterocycles. The van der Waals surface area contributed by atoms with Gasteiger partial charge in [-0.3, -0.25) is 0 Å². The molecule has 0 amide bonds. The third-order valence-electron chi connectivity index (χ3n) is 4.24. The van der Waals surface area contributed by atoms with Crippen molar-refractivity contribution in [3.63, 3.8) is 0 Å². The molecule has 124 valence electrons. The predicted molar refractivity (Wildman–Crippen MR) is 94.1 cm³/mol. The molecule has 0 spiro atoms. The van der Waals surface area contributed by atoms with E-state index in [0.717, 1.165) is 40.5 Å². The van der Waals surface area contributed by atoms with Crippen LogP contribution in [0.15, 0.2) is 43.0 Å². The van der Waals surface area contributed by atoms with Crippen molar-refractivity contribution in [1.29, 1.82) is 0 Å². The zero-order valence-electron chi connectivity index (χ0n) is 14.5. The second kappa shape index (κ2) is 6.43. The predicted octanol–water partition coefficient (Wildman–Crippen LogP) is 3.70. The van der Waals surface area contributed by atoms with E-state index in [0.29, 0.717) is 0 Å². The summed E-state index contributed by atoms with van der Waals surface area (Å²) in [6.07, 6.45) is 6.38. The number of hydrogen-bond acceptors (Lipinski definition) is 4. The molecule has 0 radical (unpaired) electrons. The number of nitrogens with zero attached hydrogens (tertiary/aromatic N) is 3. The molecule has 1 aromatic carbocycles. The fourth-order valence-electron chi connectivity index (χ4n) is 2.96. The molecule has 0 bridgehead atoms. The fourth-order valence-corrected chi connectivity index (χ4v) is 2.96. The Bertz CT molecular complexity index is 808. The average molecular weight is 322 g/mol. The topological polar surface area (TPSA) is 63.7 Å². The first-order valence-corrected chi connectivity index (χ1v) is 7.95. The highest BCUT2D eigenvalue weighted by atomic mass is 16.5. The Labute approximate surface area is 142 Å². The molecule has 0 atom stereocenters. The molecule has 0 fully saturated rings. The maximum absolute atomic E-state index is 5.19. The van der Waals surface area contributed by atoms with Crippen LogP contribution < -0.4 is 4.74 Å². The summed E-state index contributed by atoms with van der Waals surface area (Å²) in [6.45, 7) is 6.44. The number of nitrogens with one attached hydrogen (secondary N) is 1. The number of H-pyrrole nitrogens is 1. The summed E-state index contributed by atoms with van der Waals surface area (Å²) in [7, 11) is 1.66. The first-order chi connectivity index (χ1) is 11.5. The first kappa shape index (κ1) is 16.2. The quantitative estimate of drug-likeness (QED) is 0.778. The van der Waals surface area contributed by atoms with Gasteiger partial charge in [0.25, 0.3) is 0 Å². The summed E-state index contributed by atoms with van der Waals surface area (Å²) >= 11 is 0. The summed E-state index contributed by atoms with van der Waals surface area (Å²) in [5.74, 6) is 1.56. The van der Waals surface area contributed by atoms with Crippen LogP contribution in [0.2, 0.25) is 0 Å². The molecule has 0 aliphatic carbocycles. The lowest BCUT2D eigenvalue weighted by atomic mass is 9.80. The summed E-state index contributed by atoms with van der Waals surface area (Å²) in [4.78, 5) is 16.6.